The summed E-state index contributed by atoms with van der Waals surface area (Å²) < 4.78 is 4.93. The van der Waals surface area contributed by atoms with Crippen LogP contribution in [0, 0.1) is 46.3 Å². The first-order valence-electron chi connectivity index (χ1n) is 17.8. The lowest BCUT2D eigenvalue weighted by atomic mass is 9.43. The van der Waals surface area contributed by atoms with E-state index in [-0.39, 0.29) is 12.1 Å². The van der Waals surface area contributed by atoms with E-state index in [9.17, 15) is 9.90 Å². The molecule has 4 unspecified atom stereocenters. The Kier molecular flexibility index (Phi) is 13.0. The van der Waals surface area contributed by atoms with Crippen molar-refractivity contribution < 1.29 is 14.6 Å². The zero-order chi connectivity index (χ0) is 30.2. The van der Waals surface area contributed by atoms with Crippen LogP contribution in [-0.2, 0) is 9.53 Å². The Morgan fingerprint density at radius 1 is 0.905 bits per heavy atom. The van der Waals surface area contributed by atoms with Gasteiger partial charge in [-0.3, -0.25) is 4.79 Å². The lowest BCUT2D eigenvalue weighted by Gasteiger charge is -2.62. The van der Waals surface area contributed by atoms with E-state index in [1.165, 1.54) is 71.3 Å². The maximum absolute atomic E-state index is 11.8. The number of esters is 1. The zero-order valence-corrected chi connectivity index (χ0v) is 27.6. The van der Waals surface area contributed by atoms with Crippen molar-refractivity contribution in [1.82, 2.24) is 16.0 Å². The third kappa shape index (κ3) is 7.91. The van der Waals surface area contributed by atoms with Crippen molar-refractivity contribution in [2.45, 2.75) is 123 Å². The van der Waals surface area contributed by atoms with Gasteiger partial charge >= 0.3 is 5.97 Å². The Balaban J connectivity index is 1.20. The van der Waals surface area contributed by atoms with Gasteiger partial charge in [-0.1, -0.05) is 20.8 Å². The molecule has 0 aromatic heterocycles. The van der Waals surface area contributed by atoms with E-state index in [1.54, 1.807) is 0 Å². The highest BCUT2D eigenvalue weighted by molar-refractivity contribution is 5.69. The minimum Gasteiger partial charge on any atom is -0.469 e. The normalized spacial score (nSPS) is 38.4. The average Bonchev–Trinajstić information content (AvgIpc) is 3.34. The second-order valence-electron chi connectivity index (χ2n) is 15.2. The molecule has 0 radical (unpaired) electrons. The first kappa shape index (κ1) is 34.1. The number of aliphatic hydroxyl groups is 1. The molecule has 7 heteroatoms. The van der Waals surface area contributed by atoms with E-state index in [0.29, 0.717) is 58.8 Å². The van der Waals surface area contributed by atoms with Crippen LogP contribution < -0.4 is 21.7 Å². The van der Waals surface area contributed by atoms with E-state index < -0.39 is 0 Å². The van der Waals surface area contributed by atoms with Crippen LogP contribution in [0.1, 0.15) is 111 Å². The molecule has 0 bridgehead atoms. The van der Waals surface area contributed by atoms with Crippen LogP contribution in [0.15, 0.2) is 0 Å². The summed E-state index contributed by atoms with van der Waals surface area (Å²) in [5.74, 6) is 3.49. The topological polar surface area (TPSA) is 109 Å². The molecule has 10 atom stereocenters. The maximum atomic E-state index is 11.8. The average molecular weight is 591 g/mol. The van der Waals surface area contributed by atoms with Gasteiger partial charge in [0.05, 0.1) is 13.2 Å². The van der Waals surface area contributed by atoms with Crippen molar-refractivity contribution in [2.24, 2.45) is 52.1 Å². The van der Waals surface area contributed by atoms with Gasteiger partial charge in [-0.15, -0.1) is 0 Å². The minimum atomic E-state index is -0.152. The smallest absolute Gasteiger partial charge is 0.305 e. The number of rotatable bonds is 17. The van der Waals surface area contributed by atoms with Gasteiger partial charge in [0, 0.05) is 12.5 Å². The van der Waals surface area contributed by atoms with Crippen LogP contribution in [0.5, 0.6) is 0 Å². The van der Waals surface area contributed by atoms with E-state index in [2.05, 4.69) is 36.7 Å². The SMILES string of the molecule is COC(=O)CCC(C)[C@H]1CCC2C3C(CC[C@@]21C)[C@@]1(C)CC[C@H](NCCCNCCCCNCCCN)C[C@H]1C[C@H]3O. The second kappa shape index (κ2) is 16.0. The fourth-order valence-corrected chi connectivity index (χ4v) is 10.5. The van der Waals surface area contributed by atoms with Gasteiger partial charge in [0.1, 0.15) is 0 Å². The number of aliphatic hydroxyl groups excluding tert-OH is 1. The highest BCUT2D eigenvalue weighted by atomic mass is 16.5. The molecule has 4 aliphatic rings. The Labute approximate surface area is 257 Å². The number of nitrogens with one attached hydrogen (secondary N) is 3. The summed E-state index contributed by atoms with van der Waals surface area (Å²) in [6.45, 7) is 13.7. The summed E-state index contributed by atoms with van der Waals surface area (Å²) in [4.78, 5) is 11.8. The molecule has 42 heavy (non-hydrogen) atoms. The van der Waals surface area contributed by atoms with Crippen molar-refractivity contribution in [1.29, 1.82) is 0 Å². The molecule has 7 nitrogen and oxygen atoms in total. The van der Waals surface area contributed by atoms with E-state index in [4.69, 9.17) is 10.5 Å². The van der Waals surface area contributed by atoms with Gasteiger partial charge in [-0.2, -0.15) is 0 Å². The first-order valence-corrected chi connectivity index (χ1v) is 17.8. The van der Waals surface area contributed by atoms with Gasteiger partial charge in [-0.25, -0.2) is 0 Å². The van der Waals surface area contributed by atoms with Gasteiger partial charge in [0.15, 0.2) is 0 Å². The molecule has 4 rings (SSSR count). The molecular weight excluding hydrogens is 524 g/mol. The predicted molar refractivity (Wildman–Crippen MR) is 172 cm³/mol. The number of unbranched alkanes of at least 4 members (excludes halogenated alkanes) is 1. The summed E-state index contributed by atoms with van der Waals surface area (Å²) in [6.07, 6.45) is 15.9. The summed E-state index contributed by atoms with van der Waals surface area (Å²) in [7, 11) is 1.50. The van der Waals surface area contributed by atoms with Crippen molar-refractivity contribution in [2.75, 3.05) is 46.4 Å². The number of methoxy groups -OCH3 is 1. The predicted octanol–water partition coefficient (Wildman–Crippen LogP) is 4.86. The lowest BCUT2D eigenvalue weighted by Crippen LogP contribution is -2.59. The fraction of sp³-hybridized carbons (Fsp3) is 0.971. The summed E-state index contributed by atoms with van der Waals surface area (Å²) in [5.41, 5.74) is 6.21. The van der Waals surface area contributed by atoms with Crippen molar-refractivity contribution in [3.8, 4) is 0 Å². The molecule has 0 aromatic rings. The number of carbonyl (C=O) groups is 1. The third-order valence-corrected chi connectivity index (χ3v) is 13.0. The lowest BCUT2D eigenvalue weighted by molar-refractivity contribution is -0.167. The van der Waals surface area contributed by atoms with Gasteiger partial charge in [0.2, 0.25) is 0 Å². The molecule has 4 saturated carbocycles. The molecule has 0 aromatic carbocycles. The molecule has 244 valence electrons. The standard InChI is InChI=1S/C35H66N4O3/c1-25(9-12-32(41)42-4)28-10-11-29-33-30(14-16-35(28,29)3)34(2)15-13-27(23-26(34)24-31(33)40)39-22-8-21-38-19-6-5-18-37-20-7-17-36/h25-31,33,37-40H,5-24,36H2,1-4H3/t25?,26-,27-,28+,29?,30?,31+,33?,34-,35+/m0/s1. The Morgan fingerprint density at radius 2 is 1.57 bits per heavy atom. The molecular formula is C35H66N4O3. The van der Waals surface area contributed by atoms with Crippen LogP contribution in [0.2, 0.25) is 0 Å². The van der Waals surface area contributed by atoms with Crippen molar-refractivity contribution in [3.63, 3.8) is 0 Å². The van der Waals surface area contributed by atoms with Crippen LogP contribution in [-0.4, -0.2) is 69.6 Å². The fourth-order valence-electron chi connectivity index (χ4n) is 10.5. The van der Waals surface area contributed by atoms with Crippen LogP contribution in [0.3, 0.4) is 0 Å². The van der Waals surface area contributed by atoms with Crippen molar-refractivity contribution in [3.05, 3.63) is 0 Å². The first-order chi connectivity index (χ1) is 20.2. The highest BCUT2D eigenvalue weighted by Crippen LogP contribution is 2.68. The number of hydrogen-bond donors (Lipinski definition) is 5. The van der Waals surface area contributed by atoms with Crippen molar-refractivity contribution >= 4 is 5.97 Å². The van der Waals surface area contributed by atoms with E-state index in [0.717, 1.165) is 58.5 Å². The number of nitrogens with two attached hydrogens (primary N) is 1. The zero-order valence-electron chi connectivity index (χ0n) is 27.6. The molecule has 4 aliphatic carbocycles. The van der Waals surface area contributed by atoms with Crippen LogP contribution in [0.4, 0.5) is 0 Å². The van der Waals surface area contributed by atoms with E-state index in [1.807, 2.05) is 0 Å². The third-order valence-electron chi connectivity index (χ3n) is 13.0. The molecule has 0 amide bonds. The Hall–Kier alpha value is -0.730. The highest BCUT2D eigenvalue weighted by Gasteiger charge is 2.62. The monoisotopic (exact) mass is 591 g/mol. The molecule has 0 spiro atoms. The molecule has 0 heterocycles. The number of ether oxygens (including phenoxy) is 1. The Bertz CT molecular complexity index is 828. The maximum Gasteiger partial charge on any atom is 0.305 e. The number of carbonyl (C=O) groups excluding carboxylic acids is 1. The summed E-state index contributed by atoms with van der Waals surface area (Å²) in [5, 5.41) is 22.7. The number of hydrogen-bond acceptors (Lipinski definition) is 7. The second-order valence-corrected chi connectivity index (χ2v) is 15.2. The molecule has 4 fully saturated rings. The largest absolute Gasteiger partial charge is 0.469 e. The Morgan fingerprint density at radius 3 is 2.29 bits per heavy atom. The molecule has 0 aliphatic heterocycles. The van der Waals surface area contributed by atoms with E-state index >= 15 is 0 Å². The van der Waals surface area contributed by atoms with Crippen LogP contribution >= 0.6 is 0 Å². The number of fused-ring (bicyclic) bond motifs is 5. The quantitative estimate of drug-likeness (QED) is 0.122. The molecule has 6 N–H and O–H groups in total. The molecule has 0 saturated heterocycles. The van der Waals surface area contributed by atoms with Crippen LogP contribution in [0.25, 0.3) is 0 Å². The summed E-state index contributed by atoms with van der Waals surface area (Å²) >= 11 is 0. The minimum absolute atomic E-state index is 0.0810. The van der Waals surface area contributed by atoms with Gasteiger partial charge in [-0.05, 0) is 169 Å². The van der Waals surface area contributed by atoms with Gasteiger partial charge < -0.3 is 31.5 Å². The van der Waals surface area contributed by atoms with Gasteiger partial charge in [0.25, 0.3) is 0 Å². The summed E-state index contributed by atoms with van der Waals surface area (Å²) in [6, 6.07) is 0.604.